The number of hydrogen-bond acceptors (Lipinski definition) is 7. The van der Waals surface area contributed by atoms with Crippen molar-refractivity contribution in [1.29, 1.82) is 0 Å². The molecule has 0 unspecified atom stereocenters. The first-order chi connectivity index (χ1) is 10.5. The van der Waals surface area contributed by atoms with Crippen molar-refractivity contribution in [3.05, 3.63) is 33.9 Å². The van der Waals surface area contributed by atoms with Crippen molar-refractivity contribution >= 4 is 11.5 Å². The quantitative estimate of drug-likeness (QED) is 0.626. The standard InChI is InChI=1S/C13H18N6O3/c1-4-17(5-6-20)12-11(19(21)22)13(15-8-14-12)18-10(3)7-9(2)16-18/h7-8,20H,4-6H2,1-3H3. The van der Waals surface area contributed by atoms with Crippen LogP contribution < -0.4 is 4.90 Å². The molecule has 0 aliphatic rings. The molecule has 0 saturated heterocycles. The number of hydrogen-bond donors (Lipinski definition) is 1. The van der Waals surface area contributed by atoms with E-state index in [1.165, 1.54) is 11.0 Å². The fourth-order valence-electron chi connectivity index (χ4n) is 2.29. The number of aliphatic hydroxyl groups excluding tert-OH is 1. The van der Waals surface area contributed by atoms with Crippen molar-refractivity contribution < 1.29 is 10.0 Å². The Morgan fingerprint density at radius 2 is 2.14 bits per heavy atom. The van der Waals surface area contributed by atoms with E-state index in [0.29, 0.717) is 6.54 Å². The molecule has 9 heteroatoms. The predicted molar refractivity (Wildman–Crippen MR) is 80.3 cm³/mol. The van der Waals surface area contributed by atoms with Gasteiger partial charge in [-0.25, -0.2) is 14.6 Å². The van der Waals surface area contributed by atoms with Crippen LogP contribution in [0.1, 0.15) is 18.3 Å². The smallest absolute Gasteiger partial charge is 0.355 e. The van der Waals surface area contributed by atoms with Crippen LogP contribution in [-0.4, -0.2) is 49.5 Å². The molecular formula is C13H18N6O3. The maximum Gasteiger partial charge on any atom is 0.355 e. The molecule has 2 heterocycles. The molecule has 1 N–H and O–H groups in total. The highest BCUT2D eigenvalue weighted by Gasteiger charge is 2.28. The number of anilines is 1. The first-order valence-corrected chi connectivity index (χ1v) is 6.88. The summed E-state index contributed by atoms with van der Waals surface area (Å²) in [5.41, 5.74) is 1.27. The highest BCUT2D eigenvalue weighted by molar-refractivity contribution is 5.65. The second kappa shape index (κ2) is 6.48. The Morgan fingerprint density at radius 1 is 1.41 bits per heavy atom. The lowest BCUT2D eigenvalue weighted by Crippen LogP contribution is -2.28. The van der Waals surface area contributed by atoms with Gasteiger partial charge in [-0.1, -0.05) is 0 Å². The molecule has 0 saturated carbocycles. The van der Waals surface area contributed by atoms with E-state index in [0.717, 1.165) is 11.4 Å². The van der Waals surface area contributed by atoms with Crippen molar-refractivity contribution in [2.45, 2.75) is 20.8 Å². The molecule has 22 heavy (non-hydrogen) atoms. The van der Waals surface area contributed by atoms with Gasteiger partial charge in [0.15, 0.2) is 0 Å². The van der Waals surface area contributed by atoms with Gasteiger partial charge in [0.1, 0.15) is 6.33 Å². The maximum atomic E-state index is 11.6. The Balaban J connectivity index is 2.65. The summed E-state index contributed by atoms with van der Waals surface area (Å²) in [6.07, 6.45) is 1.27. The summed E-state index contributed by atoms with van der Waals surface area (Å²) < 4.78 is 1.44. The third-order valence-electron chi connectivity index (χ3n) is 3.23. The molecule has 2 rings (SSSR count). The minimum atomic E-state index is -0.513. The van der Waals surface area contributed by atoms with Crippen LogP contribution in [0.25, 0.3) is 5.82 Å². The largest absolute Gasteiger partial charge is 0.395 e. The second-order valence-corrected chi connectivity index (χ2v) is 4.77. The van der Waals surface area contributed by atoms with Crippen LogP contribution in [0.5, 0.6) is 0 Å². The van der Waals surface area contributed by atoms with Gasteiger partial charge in [-0.15, -0.1) is 0 Å². The van der Waals surface area contributed by atoms with Gasteiger partial charge in [0.05, 0.1) is 17.2 Å². The molecule has 0 bridgehead atoms. The monoisotopic (exact) mass is 306 g/mol. The number of rotatable bonds is 6. The van der Waals surface area contributed by atoms with E-state index in [-0.39, 0.29) is 30.5 Å². The maximum absolute atomic E-state index is 11.6. The van der Waals surface area contributed by atoms with Gasteiger partial charge in [0, 0.05) is 18.8 Å². The minimum absolute atomic E-state index is 0.121. The fourth-order valence-corrected chi connectivity index (χ4v) is 2.29. The summed E-state index contributed by atoms with van der Waals surface area (Å²) in [6, 6.07) is 1.82. The van der Waals surface area contributed by atoms with Gasteiger partial charge < -0.3 is 10.0 Å². The molecule has 0 amide bonds. The number of nitro groups is 1. The molecule has 0 aliphatic heterocycles. The summed E-state index contributed by atoms with van der Waals surface area (Å²) in [7, 11) is 0. The summed E-state index contributed by atoms with van der Waals surface area (Å²) in [6.45, 7) is 6.06. The normalized spacial score (nSPS) is 10.7. The summed E-state index contributed by atoms with van der Waals surface area (Å²) >= 11 is 0. The zero-order chi connectivity index (χ0) is 16.3. The van der Waals surface area contributed by atoms with Crippen molar-refractivity contribution in [2.24, 2.45) is 0 Å². The topological polar surface area (TPSA) is 110 Å². The third-order valence-corrected chi connectivity index (χ3v) is 3.23. The third kappa shape index (κ3) is 2.89. The Hall–Kier alpha value is -2.55. The Labute approximate surface area is 127 Å². The van der Waals surface area contributed by atoms with Gasteiger partial charge in [-0.2, -0.15) is 5.10 Å². The zero-order valence-electron chi connectivity index (χ0n) is 12.7. The van der Waals surface area contributed by atoms with Crippen LogP contribution in [0.2, 0.25) is 0 Å². The van der Waals surface area contributed by atoms with Gasteiger partial charge in [-0.05, 0) is 26.8 Å². The van der Waals surface area contributed by atoms with E-state index in [1.807, 2.05) is 19.9 Å². The van der Waals surface area contributed by atoms with Crippen LogP contribution >= 0.6 is 0 Å². The first-order valence-electron chi connectivity index (χ1n) is 6.88. The molecule has 0 fully saturated rings. The van der Waals surface area contributed by atoms with Crippen molar-refractivity contribution in [3.8, 4) is 5.82 Å². The van der Waals surface area contributed by atoms with E-state index < -0.39 is 4.92 Å². The van der Waals surface area contributed by atoms with Crippen molar-refractivity contribution in [2.75, 3.05) is 24.6 Å². The van der Waals surface area contributed by atoms with Gasteiger partial charge in [0.25, 0.3) is 0 Å². The van der Waals surface area contributed by atoms with E-state index in [4.69, 9.17) is 5.11 Å². The summed E-state index contributed by atoms with van der Waals surface area (Å²) in [5.74, 6) is 0.302. The number of aryl methyl sites for hydroxylation is 2. The lowest BCUT2D eigenvalue weighted by Gasteiger charge is -2.20. The Bertz CT molecular complexity index is 684. The molecule has 118 valence electrons. The molecule has 0 aromatic carbocycles. The molecule has 2 aromatic rings. The molecule has 0 radical (unpaired) electrons. The first kappa shape index (κ1) is 15.8. The SMILES string of the molecule is CCN(CCO)c1ncnc(-n2nc(C)cc2C)c1[N+](=O)[O-]. The predicted octanol–water partition coefficient (Wildman–Crippen LogP) is 1.01. The van der Waals surface area contributed by atoms with Crippen LogP contribution in [0, 0.1) is 24.0 Å². The van der Waals surface area contributed by atoms with E-state index in [2.05, 4.69) is 15.1 Å². The van der Waals surface area contributed by atoms with Crippen molar-refractivity contribution in [3.63, 3.8) is 0 Å². The average molecular weight is 306 g/mol. The minimum Gasteiger partial charge on any atom is -0.395 e. The molecule has 2 aromatic heterocycles. The van der Waals surface area contributed by atoms with Crippen LogP contribution in [0.3, 0.4) is 0 Å². The number of aliphatic hydroxyl groups is 1. The Morgan fingerprint density at radius 3 is 2.64 bits per heavy atom. The molecule has 0 aliphatic carbocycles. The van der Waals surface area contributed by atoms with Crippen LogP contribution in [-0.2, 0) is 0 Å². The second-order valence-electron chi connectivity index (χ2n) is 4.77. The van der Waals surface area contributed by atoms with E-state index in [9.17, 15) is 10.1 Å². The summed E-state index contributed by atoms with van der Waals surface area (Å²) in [4.78, 5) is 20.7. The number of nitrogens with zero attached hydrogens (tertiary/aromatic N) is 6. The molecular weight excluding hydrogens is 288 g/mol. The molecule has 0 atom stereocenters. The fraction of sp³-hybridized carbons (Fsp3) is 0.462. The molecule has 0 spiro atoms. The number of aromatic nitrogens is 4. The lowest BCUT2D eigenvalue weighted by molar-refractivity contribution is -0.384. The molecule has 9 nitrogen and oxygen atoms in total. The van der Waals surface area contributed by atoms with Crippen LogP contribution in [0.4, 0.5) is 11.5 Å². The number of likely N-dealkylation sites (N-methyl/N-ethyl adjacent to an activating group) is 1. The van der Waals surface area contributed by atoms with E-state index in [1.54, 1.807) is 11.8 Å². The van der Waals surface area contributed by atoms with Gasteiger partial charge in [0.2, 0.25) is 11.6 Å². The average Bonchev–Trinajstić information content (AvgIpc) is 2.82. The van der Waals surface area contributed by atoms with Crippen molar-refractivity contribution in [1.82, 2.24) is 19.7 Å². The van der Waals surface area contributed by atoms with Gasteiger partial charge in [-0.3, -0.25) is 10.1 Å². The lowest BCUT2D eigenvalue weighted by atomic mass is 10.3. The highest BCUT2D eigenvalue weighted by Crippen LogP contribution is 2.30. The van der Waals surface area contributed by atoms with E-state index >= 15 is 0 Å². The van der Waals surface area contributed by atoms with Gasteiger partial charge >= 0.3 is 5.69 Å². The van der Waals surface area contributed by atoms with Crippen LogP contribution in [0.15, 0.2) is 12.4 Å². The highest BCUT2D eigenvalue weighted by atomic mass is 16.6. The Kier molecular flexibility index (Phi) is 4.66. The summed E-state index contributed by atoms with van der Waals surface area (Å²) in [5, 5.41) is 24.9. The zero-order valence-corrected chi connectivity index (χ0v) is 12.7.